The van der Waals surface area contributed by atoms with Gasteiger partial charge in [-0.15, -0.1) is 0 Å². The van der Waals surface area contributed by atoms with Gasteiger partial charge in [-0.25, -0.2) is 0 Å². The highest BCUT2D eigenvalue weighted by Crippen LogP contribution is 2.21. The maximum absolute atomic E-state index is 6.12. The number of nitrogens with one attached hydrogen (secondary N) is 2. The molecule has 1 aliphatic heterocycles. The van der Waals surface area contributed by atoms with E-state index in [9.17, 15) is 0 Å². The molecule has 100 valence electrons. The maximum atomic E-state index is 6.12. The SMILES string of the molecule is Cc1ccc(NC(C)CC2COCCN2)cc1Cl. The Kier molecular flexibility index (Phi) is 4.87. The number of rotatable bonds is 4. The quantitative estimate of drug-likeness (QED) is 0.881. The van der Waals surface area contributed by atoms with E-state index < -0.39 is 0 Å². The highest BCUT2D eigenvalue weighted by atomic mass is 35.5. The average Bonchev–Trinajstić information content (AvgIpc) is 2.35. The first-order valence-corrected chi connectivity index (χ1v) is 6.87. The molecule has 1 saturated heterocycles. The Labute approximate surface area is 114 Å². The predicted octanol–water partition coefficient (Wildman–Crippen LogP) is 2.83. The fourth-order valence-electron chi connectivity index (χ4n) is 2.22. The van der Waals surface area contributed by atoms with Crippen molar-refractivity contribution in [2.24, 2.45) is 0 Å². The lowest BCUT2D eigenvalue weighted by Crippen LogP contribution is -2.43. The zero-order chi connectivity index (χ0) is 13.0. The van der Waals surface area contributed by atoms with E-state index in [2.05, 4.69) is 23.6 Å². The second-order valence-electron chi connectivity index (χ2n) is 4.97. The molecule has 1 fully saturated rings. The van der Waals surface area contributed by atoms with Gasteiger partial charge in [0.25, 0.3) is 0 Å². The Morgan fingerprint density at radius 2 is 2.39 bits per heavy atom. The monoisotopic (exact) mass is 268 g/mol. The molecule has 1 aliphatic rings. The maximum Gasteiger partial charge on any atom is 0.0621 e. The summed E-state index contributed by atoms with van der Waals surface area (Å²) >= 11 is 6.12. The highest BCUT2D eigenvalue weighted by molar-refractivity contribution is 6.31. The second kappa shape index (κ2) is 6.41. The van der Waals surface area contributed by atoms with Gasteiger partial charge in [0.1, 0.15) is 0 Å². The summed E-state index contributed by atoms with van der Waals surface area (Å²) in [6, 6.07) is 6.94. The summed E-state index contributed by atoms with van der Waals surface area (Å²) in [5.41, 5.74) is 2.19. The van der Waals surface area contributed by atoms with Crippen molar-refractivity contribution in [1.29, 1.82) is 0 Å². The van der Waals surface area contributed by atoms with E-state index in [4.69, 9.17) is 16.3 Å². The Hall–Kier alpha value is -0.770. The summed E-state index contributed by atoms with van der Waals surface area (Å²) in [5.74, 6) is 0. The molecular weight excluding hydrogens is 248 g/mol. The summed E-state index contributed by atoms with van der Waals surface area (Å²) in [4.78, 5) is 0. The predicted molar refractivity (Wildman–Crippen MR) is 76.5 cm³/mol. The molecule has 0 saturated carbocycles. The van der Waals surface area contributed by atoms with Gasteiger partial charge >= 0.3 is 0 Å². The van der Waals surface area contributed by atoms with Gasteiger partial charge in [0, 0.05) is 29.3 Å². The van der Waals surface area contributed by atoms with Crippen LogP contribution in [0.3, 0.4) is 0 Å². The summed E-state index contributed by atoms with van der Waals surface area (Å²) in [6.07, 6.45) is 1.05. The largest absolute Gasteiger partial charge is 0.382 e. The van der Waals surface area contributed by atoms with Gasteiger partial charge in [-0.3, -0.25) is 0 Å². The molecular formula is C14H21ClN2O. The summed E-state index contributed by atoms with van der Waals surface area (Å²) in [6.45, 7) is 6.78. The Morgan fingerprint density at radius 1 is 1.56 bits per heavy atom. The van der Waals surface area contributed by atoms with Crippen molar-refractivity contribution in [3.8, 4) is 0 Å². The van der Waals surface area contributed by atoms with Crippen LogP contribution < -0.4 is 10.6 Å². The van der Waals surface area contributed by atoms with Crippen LogP contribution in [0.1, 0.15) is 18.9 Å². The molecule has 1 aromatic carbocycles. The van der Waals surface area contributed by atoms with Gasteiger partial charge in [-0.05, 0) is 38.0 Å². The lowest BCUT2D eigenvalue weighted by molar-refractivity contribution is 0.0731. The van der Waals surface area contributed by atoms with Crippen LogP contribution in [0.25, 0.3) is 0 Å². The topological polar surface area (TPSA) is 33.3 Å². The molecule has 0 spiro atoms. The van der Waals surface area contributed by atoms with Crippen molar-refractivity contribution >= 4 is 17.3 Å². The van der Waals surface area contributed by atoms with Crippen LogP contribution in [-0.4, -0.2) is 31.8 Å². The third kappa shape index (κ3) is 3.87. The van der Waals surface area contributed by atoms with Crippen molar-refractivity contribution in [1.82, 2.24) is 5.32 Å². The number of ether oxygens (including phenoxy) is 1. The smallest absolute Gasteiger partial charge is 0.0621 e. The number of hydrogen-bond donors (Lipinski definition) is 2. The highest BCUT2D eigenvalue weighted by Gasteiger charge is 2.16. The van der Waals surface area contributed by atoms with E-state index in [1.54, 1.807) is 0 Å². The molecule has 0 aliphatic carbocycles. The van der Waals surface area contributed by atoms with Crippen LogP contribution in [0.2, 0.25) is 5.02 Å². The zero-order valence-electron chi connectivity index (χ0n) is 11.0. The van der Waals surface area contributed by atoms with Crippen LogP contribution in [0.4, 0.5) is 5.69 Å². The van der Waals surface area contributed by atoms with Gasteiger partial charge in [0.05, 0.1) is 13.2 Å². The minimum absolute atomic E-state index is 0.392. The van der Waals surface area contributed by atoms with E-state index >= 15 is 0 Å². The zero-order valence-corrected chi connectivity index (χ0v) is 11.8. The Balaban J connectivity index is 1.85. The summed E-state index contributed by atoms with van der Waals surface area (Å²) in [7, 11) is 0. The minimum atomic E-state index is 0.392. The number of morpholine rings is 1. The van der Waals surface area contributed by atoms with Crippen molar-refractivity contribution in [2.45, 2.75) is 32.4 Å². The Bertz CT molecular complexity index is 391. The molecule has 0 bridgehead atoms. The number of hydrogen-bond acceptors (Lipinski definition) is 3. The standard InChI is InChI=1S/C14H21ClN2O/c1-10-3-4-12(8-14(10)15)17-11(2)7-13-9-18-6-5-16-13/h3-4,8,11,13,16-17H,5-7,9H2,1-2H3. The van der Waals surface area contributed by atoms with Crippen LogP contribution in [0.5, 0.6) is 0 Å². The molecule has 2 atom stereocenters. The van der Waals surface area contributed by atoms with E-state index in [1.807, 2.05) is 19.1 Å². The van der Waals surface area contributed by atoms with Gasteiger partial charge < -0.3 is 15.4 Å². The number of halogens is 1. The molecule has 0 aromatic heterocycles. The molecule has 0 radical (unpaired) electrons. The molecule has 1 aromatic rings. The van der Waals surface area contributed by atoms with Crippen LogP contribution in [0, 0.1) is 6.92 Å². The summed E-state index contributed by atoms with van der Waals surface area (Å²) in [5, 5.41) is 7.75. The van der Waals surface area contributed by atoms with Crippen molar-refractivity contribution in [2.75, 3.05) is 25.1 Å². The number of benzene rings is 1. The molecule has 0 amide bonds. The molecule has 1 heterocycles. The summed E-state index contributed by atoms with van der Waals surface area (Å²) < 4.78 is 5.46. The van der Waals surface area contributed by atoms with Gasteiger partial charge in [-0.1, -0.05) is 17.7 Å². The Morgan fingerprint density at radius 3 is 3.06 bits per heavy atom. The van der Waals surface area contributed by atoms with Crippen molar-refractivity contribution < 1.29 is 4.74 Å². The van der Waals surface area contributed by atoms with Gasteiger partial charge in [0.15, 0.2) is 0 Å². The second-order valence-corrected chi connectivity index (χ2v) is 5.38. The third-order valence-corrected chi connectivity index (χ3v) is 3.63. The lowest BCUT2D eigenvalue weighted by Gasteiger charge is -2.27. The van der Waals surface area contributed by atoms with E-state index in [0.29, 0.717) is 12.1 Å². The fourth-order valence-corrected chi connectivity index (χ4v) is 2.40. The first-order chi connectivity index (χ1) is 8.65. The van der Waals surface area contributed by atoms with Gasteiger partial charge in [-0.2, -0.15) is 0 Å². The molecule has 2 rings (SSSR count). The van der Waals surface area contributed by atoms with Crippen molar-refractivity contribution in [3.05, 3.63) is 28.8 Å². The van der Waals surface area contributed by atoms with Crippen molar-refractivity contribution in [3.63, 3.8) is 0 Å². The molecule has 4 heteroatoms. The minimum Gasteiger partial charge on any atom is -0.382 e. The third-order valence-electron chi connectivity index (χ3n) is 3.22. The lowest BCUT2D eigenvalue weighted by atomic mass is 10.1. The van der Waals surface area contributed by atoms with Crippen LogP contribution in [-0.2, 0) is 4.74 Å². The fraction of sp³-hybridized carbons (Fsp3) is 0.571. The van der Waals surface area contributed by atoms with Crippen LogP contribution in [0.15, 0.2) is 18.2 Å². The molecule has 18 heavy (non-hydrogen) atoms. The van der Waals surface area contributed by atoms with E-state index in [-0.39, 0.29) is 0 Å². The molecule has 2 N–H and O–H groups in total. The first-order valence-electron chi connectivity index (χ1n) is 6.49. The molecule has 3 nitrogen and oxygen atoms in total. The van der Waals surface area contributed by atoms with E-state index in [0.717, 1.165) is 42.5 Å². The first kappa shape index (κ1) is 13.7. The van der Waals surface area contributed by atoms with Crippen LogP contribution >= 0.6 is 11.6 Å². The van der Waals surface area contributed by atoms with E-state index in [1.165, 1.54) is 0 Å². The average molecular weight is 269 g/mol. The normalized spacial score (nSPS) is 21.6. The number of anilines is 1. The van der Waals surface area contributed by atoms with Gasteiger partial charge in [0.2, 0.25) is 0 Å². The molecule has 2 unspecified atom stereocenters. The number of aryl methyl sites for hydroxylation is 1.